The van der Waals surface area contributed by atoms with Crippen LogP contribution in [0, 0.1) is 13.8 Å². The van der Waals surface area contributed by atoms with Crippen molar-refractivity contribution in [1.82, 2.24) is 15.5 Å². The number of amides is 1. The van der Waals surface area contributed by atoms with Crippen LogP contribution in [-0.2, 0) is 6.54 Å². The summed E-state index contributed by atoms with van der Waals surface area (Å²) in [6, 6.07) is 5.55. The Hall–Kier alpha value is -2.41. The van der Waals surface area contributed by atoms with Gasteiger partial charge in [0, 0.05) is 17.1 Å². The van der Waals surface area contributed by atoms with Crippen molar-refractivity contribution in [3.8, 4) is 0 Å². The largest absolute Gasteiger partial charge is 0.397 e. The Bertz CT molecular complexity index is 822. The van der Waals surface area contributed by atoms with Crippen LogP contribution in [0.5, 0.6) is 0 Å². The van der Waals surface area contributed by atoms with E-state index in [1.165, 1.54) is 11.3 Å². The molecule has 108 valence electrons. The third-order valence-electron chi connectivity index (χ3n) is 3.05. The summed E-state index contributed by atoms with van der Waals surface area (Å²) in [5, 5.41) is 7.43. The van der Waals surface area contributed by atoms with Gasteiger partial charge >= 0.3 is 0 Å². The van der Waals surface area contributed by atoms with E-state index in [1.54, 1.807) is 13.0 Å². The van der Waals surface area contributed by atoms with E-state index in [9.17, 15) is 4.79 Å². The topological polar surface area (TPSA) is 94.0 Å². The van der Waals surface area contributed by atoms with E-state index in [0.717, 1.165) is 15.9 Å². The second kappa shape index (κ2) is 5.17. The monoisotopic (exact) mass is 302 g/mol. The molecular weight excluding hydrogens is 288 g/mol. The maximum absolute atomic E-state index is 12.2. The molecule has 7 heteroatoms. The summed E-state index contributed by atoms with van der Waals surface area (Å²) in [4.78, 5) is 17.9. The maximum Gasteiger partial charge on any atom is 0.263 e. The van der Waals surface area contributed by atoms with E-state index in [2.05, 4.69) is 15.5 Å². The molecule has 0 fully saturated rings. The number of aromatic nitrogens is 2. The predicted molar refractivity (Wildman–Crippen MR) is 81.2 cm³/mol. The molecule has 0 aliphatic heterocycles. The Balaban J connectivity index is 1.82. The second-order valence-corrected chi connectivity index (χ2v) is 5.76. The molecule has 0 saturated carbocycles. The number of carbonyl (C=O) groups excluding carboxylic acids is 1. The van der Waals surface area contributed by atoms with Gasteiger partial charge in [-0.15, -0.1) is 11.3 Å². The highest BCUT2D eigenvalue weighted by atomic mass is 32.1. The summed E-state index contributed by atoms with van der Waals surface area (Å²) in [5.41, 5.74) is 8.08. The molecule has 6 nitrogen and oxygen atoms in total. The molecule has 3 aromatic rings. The zero-order valence-corrected chi connectivity index (χ0v) is 12.5. The van der Waals surface area contributed by atoms with Crippen molar-refractivity contribution >= 4 is 33.1 Å². The molecule has 0 aliphatic carbocycles. The van der Waals surface area contributed by atoms with Gasteiger partial charge in [0.1, 0.15) is 21.2 Å². The highest BCUT2D eigenvalue weighted by Crippen LogP contribution is 2.32. The average Bonchev–Trinajstić information content (AvgIpc) is 3.00. The molecule has 0 atom stereocenters. The van der Waals surface area contributed by atoms with E-state index in [-0.39, 0.29) is 5.91 Å². The summed E-state index contributed by atoms with van der Waals surface area (Å²) >= 11 is 1.29. The second-order valence-electron chi connectivity index (χ2n) is 4.76. The molecule has 3 rings (SSSR count). The molecular formula is C14H14N4O2S. The van der Waals surface area contributed by atoms with Gasteiger partial charge in [0.15, 0.2) is 0 Å². The van der Waals surface area contributed by atoms with Gasteiger partial charge in [0.2, 0.25) is 0 Å². The molecule has 0 unspecified atom stereocenters. The fraction of sp³-hybridized carbons (Fsp3) is 0.214. The lowest BCUT2D eigenvalue weighted by molar-refractivity contribution is 0.0955. The Morgan fingerprint density at radius 1 is 1.43 bits per heavy atom. The third-order valence-corrected chi connectivity index (χ3v) is 4.16. The zero-order chi connectivity index (χ0) is 15.0. The summed E-state index contributed by atoms with van der Waals surface area (Å²) in [6.45, 7) is 4.01. The molecule has 0 radical (unpaired) electrons. The standard InChI is InChI=1S/C14H14N4O2S/c1-7-3-4-10-11(15)12(21-14(10)17-7)13(19)16-6-9-5-8(2)20-18-9/h3-5H,6,15H2,1-2H3,(H,16,19). The number of carbonyl (C=O) groups is 1. The number of hydrogen-bond acceptors (Lipinski definition) is 6. The number of nitrogens with zero attached hydrogens (tertiary/aromatic N) is 2. The van der Waals surface area contributed by atoms with Crippen LogP contribution in [0.4, 0.5) is 5.69 Å². The van der Waals surface area contributed by atoms with Crippen LogP contribution in [0.2, 0.25) is 0 Å². The Morgan fingerprint density at radius 2 is 2.24 bits per heavy atom. The van der Waals surface area contributed by atoms with Gasteiger partial charge in [-0.3, -0.25) is 4.79 Å². The van der Waals surface area contributed by atoms with Crippen molar-refractivity contribution in [2.24, 2.45) is 0 Å². The summed E-state index contributed by atoms with van der Waals surface area (Å²) in [6.07, 6.45) is 0. The highest BCUT2D eigenvalue weighted by molar-refractivity contribution is 7.21. The van der Waals surface area contributed by atoms with Gasteiger partial charge in [-0.05, 0) is 26.0 Å². The molecule has 21 heavy (non-hydrogen) atoms. The normalized spacial score (nSPS) is 11.0. The number of hydrogen-bond donors (Lipinski definition) is 2. The van der Waals surface area contributed by atoms with Crippen LogP contribution in [0.25, 0.3) is 10.2 Å². The molecule has 0 spiro atoms. The number of nitrogen functional groups attached to an aromatic ring is 1. The van der Waals surface area contributed by atoms with Gasteiger partial charge in [-0.25, -0.2) is 4.98 Å². The predicted octanol–water partition coefficient (Wildman–Crippen LogP) is 2.41. The van der Waals surface area contributed by atoms with Crippen molar-refractivity contribution in [2.45, 2.75) is 20.4 Å². The van der Waals surface area contributed by atoms with Crippen LogP contribution in [0.3, 0.4) is 0 Å². The summed E-state index contributed by atoms with van der Waals surface area (Å²) in [5.74, 6) is 0.481. The van der Waals surface area contributed by atoms with Crippen LogP contribution < -0.4 is 11.1 Å². The number of pyridine rings is 1. The lowest BCUT2D eigenvalue weighted by atomic mass is 10.2. The lowest BCUT2D eigenvalue weighted by Crippen LogP contribution is -2.22. The minimum absolute atomic E-state index is 0.228. The zero-order valence-electron chi connectivity index (χ0n) is 11.6. The Kier molecular flexibility index (Phi) is 3.34. The van der Waals surface area contributed by atoms with Gasteiger partial charge in [0.05, 0.1) is 12.2 Å². The van der Waals surface area contributed by atoms with Crippen LogP contribution >= 0.6 is 11.3 Å². The number of thiophene rings is 1. The first kappa shape index (κ1) is 13.6. The summed E-state index contributed by atoms with van der Waals surface area (Å²) in [7, 11) is 0. The number of aryl methyl sites for hydroxylation is 2. The average molecular weight is 302 g/mol. The number of anilines is 1. The first-order valence-electron chi connectivity index (χ1n) is 6.40. The molecule has 0 aromatic carbocycles. The highest BCUT2D eigenvalue weighted by Gasteiger charge is 2.17. The van der Waals surface area contributed by atoms with E-state index >= 15 is 0 Å². The minimum atomic E-state index is -0.228. The van der Waals surface area contributed by atoms with Crippen molar-refractivity contribution in [1.29, 1.82) is 0 Å². The molecule has 0 aliphatic rings. The first-order valence-corrected chi connectivity index (χ1v) is 7.22. The Morgan fingerprint density at radius 3 is 2.95 bits per heavy atom. The van der Waals surface area contributed by atoms with E-state index in [0.29, 0.717) is 28.6 Å². The molecule has 0 saturated heterocycles. The van der Waals surface area contributed by atoms with E-state index in [1.807, 2.05) is 19.1 Å². The fourth-order valence-corrected chi connectivity index (χ4v) is 3.07. The third kappa shape index (κ3) is 2.59. The smallest absolute Gasteiger partial charge is 0.263 e. The van der Waals surface area contributed by atoms with Gasteiger partial charge in [0.25, 0.3) is 5.91 Å². The summed E-state index contributed by atoms with van der Waals surface area (Å²) < 4.78 is 4.95. The van der Waals surface area contributed by atoms with Crippen molar-refractivity contribution in [2.75, 3.05) is 5.73 Å². The molecule has 0 bridgehead atoms. The molecule has 3 N–H and O–H groups in total. The number of rotatable bonds is 3. The van der Waals surface area contributed by atoms with Crippen LogP contribution in [0.15, 0.2) is 22.7 Å². The SMILES string of the molecule is Cc1ccc2c(N)c(C(=O)NCc3cc(C)on3)sc2n1. The number of nitrogens with two attached hydrogens (primary N) is 1. The van der Waals surface area contributed by atoms with Gasteiger partial charge < -0.3 is 15.6 Å². The molecule has 3 aromatic heterocycles. The van der Waals surface area contributed by atoms with Gasteiger partial charge in [-0.1, -0.05) is 5.16 Å². The first-order chi connectivity index (χ1) is 10.0. The quantitative estimate of drug-likeness (QED) is 0.775. The van der Waals surface area contributed by atoms with E-state index < -0.39 is 0 Å². The number of nitrogens with one attached hydrogen (secondary N) is 1. The minimum Gasteiger partial charge on any atom is -0.397 e. The van der Waals surface area contributed by atoms with Crippen molar-refractivity contribution < 1.29 is 9.32 Å². The van der Waals surface area contributed by atoms with Crippen molar-refractivity contribution in [3.63, 3.8) is 0 Å². The van der Waals surface area contributed by atoms with Gasteiger partial charge in [-0.2, -0.15) is 0 Å². The Labute approximate surface area is 125 Å². The van der Waals surface area contributed by atoms with Crippen LogP contribution in [-0.4, -0.2) is 16.0 Å². The lowest BCUT2D eigenvalue weighted by Gasteiger charge is -2.01. The maximum atomic E-state index is 12.2. The van der Waals surface area contributed by atoms with Crippen LogP contribution in [0.1, 0.15) is 26.8 Å². The molecule has 3 heterocycles. The van der Waals surface area contributed by atoms with Crippen molar-refractivity contribution in [3.05, 3.63) is 40.2 Å². The van der Waals surface area contributed by atoms with E-state index in [4.69, 9.17) is 10.3 Å². The molecule has 1 amide bonds. The fourth-order valence-electron chi connectivity index (χ4n) is 2.01. The number of fused-ring (bicyclic) bond motifs is 1.